The van der Waals surface area contributed by atoms with Gasteiger partial charge in [-0.25, -0.2) is 9.78 Å². The van der Waals surface area contributed by atoms with Crippen molar-refractivity contribution in [1.82, 2.24) is 4.98 Å². The normalized spacial score (nSPS) is 20.3. The second-order valence-corrected chi connectivity index (χ2v) is 4.16. The van der Waals surface area contributed by atoms with Crippen LogP contribution in [0.4, 0.5) is 5.82 Å². The first-order valence-electron chi connectivity index (χ1n) is 5.68. The van der Waals surface area contributed by atoms with Crippen molar-refractivity contribution in [3.05, 3.63) is 23.9 Å². The number of aromatic carboxylic acids is 1. The average molecular weight is 236 g/mol. The Kier molecular flexibility index (Phi) is 3.58. The number of pyridine rings is 1. The molecule has 1 atom stereocenters. The molecular formula is C12H16N2O3. The highest BCUT2D eigenvalue weighted by molar-refractivity contribution is 5.87. The van der Waals surface area contributed by atoms with Gasteiger partial charge >= 0.3 is 5.97 Å². The van der Waals surface area contributed by atoms with Gasteiger partial charge in [-0.3, -0.25) is 0 Å². The van der Waals surface area contributed by atoms with E-state index in [1.165, 1.54) is 6.20 Å². The van der Waals surface area contributed by atoms with Gasteiger partial charge in [0, 0.05) is 26.4 Å². The van der Waals surface area contributed by atoms with E-state index in [4.69, 9.17) is 9.84 Å². The smallest absolute Gasteiger partial charge is 0.337 e. The van der Waals surface area contributed by atoms with Gasteiger partial charge in [0.15, 0.2) is 0 Å². The maximum atomic E-state index is 10.7. The van der Waals surface area contributed by atoms with Crippen molar-refractivity contribution in [3.8, 4) is 0 Å². The van der Waals surface area contributed by atoms with Crippen LogP contribution in [0.1, 0.15) is 23.2 Å². The van der Waals surface area contributed by atoms with Gasteiger partial charge in [-0.1, -0.05) is 0 Å². The molecule has 1 saturated heterocycles. The summed E-state index contributed by atoms with van der Waals surface area (Å²) in [5.41, 5.74) is 0.217. The van der Waals surface area contributed by atoms with Crippen LogP contribution in [0.25, 0.3) is 0 Å². The Morgan fingerprint density at radius 2 is 2.41 bits per heavy atom. The van der Waals surface area contributed by atoms with E-state index in [0.717, 1.165) is 31.7 Å². The fourth-order valence-electron chi connectivity index (χ4n) is 2.04. The molecule has 92 valence electrons. The molecule has 2 heterocycles. The summed E-state index contributed by atoms with van der Waals surface area (Å²) in [6.45, 7) is 1.76. The summed E-state index contributed by atoms with van der Waals surface area (Å²) in [7, 11) is 1.72. The van der Waals surface area contributed by atoms with Crippen molar-refractivity contribution in [2.45, 2.75) is 18.9 Å². The largest absolute Gasteiger partial charge is 0.478 e. The Morgan fingerprint density at radius 3 is 3.00 bits per heavy atom. The van der Waals surface area contributed by atoms with E-state index in [-0.39, 0.29) is 11.7 Å². The summed E-state index contributed by atoms with van der Waals surface area (Å²) in [4.78, 5) is 17.0. The van der Waals surface area contributed by atoms with Crippen LogP contribution in [0, 0.1) is 0 Å². The van der Waals surface area contributed by atoms with E-state index in [2.05, 4.69) is 9.88 Å². The van der Waals surface area contributed by atoms with E-state index in [0.29, 0.717) is 0 Å². The van der Waals surface area contributed by atoms with Crippen LogP contribution in [0.2, 0.25) is 0 Å². The van der Waals surface area contributed by atoms with Gasteiger partial charge in [-0.15, -0.1) is 0 Å². The minimum Gasteiger partial charge on any atom is -0.478 e. The molecule has 1 aliphatic heterocycles. The van der Waals surface area contributed by atoms with Crippen LogP contribution in [-0.4, -0.2) is 42.4 Å². The van der Waals surface area contributed by atoms with Gasteiger partial charge in [0.25, 0.3) is 0 Å². The Morgan fingerprint density at radius 1 is 1.59 bits per heavy atom. The topological polar surface area (TPSA) is 62.7 Å². The summed E-state index contributed by atoms with van der Waals surface area (Å²) >= 11 is 0. The highest BCUT2D eigenvalue weighted by Crippen LogP contribution is 2.19. The molecule has 0 aromatic carbocycles. The lowest BCUT2D eigenvalue weighted by Crippen LogP contribution is -2.39. The number of carboxylic acids is 1. The van der Waals surface area contributed by atoms with E-state index in [9.17, 15) is 4.79 Å². The van der Waals surface area contributed by atoms with E-state index >= 15 is 0 Å². The third-order valence-corrected chi connectivity index (χ3v) is 3.03. The second kappa shape index (κ2) is 5.14. The molecule has 1 aromatic rings. The Hall–Kier alpha value is -1.62. The maximum Gasteiger partial charge on any atom is 0.337 e. The van der Waals surface area contributed by atoms with Crippen LogP contribution < -0.4 is 4.90 Å². The Bertz CT molecular complexity index is 391. The van der Waals surface area contributed by atoms with E-state index in [1.54, 1.807) is 19.2 Å². The number of aromatic nitrogens is 1. The number of hydrogen-bond acceptors (Lipinski definition) is 4. The Balaban J connectivity index is 2.08. The van der Waals surface area contributed by atoms with Crippen molar-refractivity contribution in [2.24, 2.45) is 0 Å². The van der Waals surface area contributed by atoms with Crippen LogP contribution in [0.15, 0.2) is 18.3 Å². The highest BCUT2D eigenvalue weighted by Gasteiger charge is 2.20. The van der Waals surface area contributed by atoms with Crippen molar-refractivity contribution in [3.63, 3.8) is 0 Å². The molecule has 0 radical (unpaired) electrons. The third kappa shape index (κ3) is 2.74. The van der Waals surface area contributed by atoms with Gasteiger partial charge < -0.3 is 14.7 Å². The van der Waals surface area contributed by atoms with E-state index in [1.807, 2.05) is 0 Å². The second-order valence-electron chi connectivity index (χ2n) is 4.16. The number of methoxy groups -OCH3 is 1. The van der Waals surface area contributed by atoms with Crippen LogP contribution in [-0.2, 0) is 4.74 Å². The van der Waals surface area contributed by atoms with Crippen LogP contribution in [0.3, 0.4) is 0 Å². The van der Waals surface area contributed by atoms with Gasteiger partial charge in [0.2, 0.25) is 0 Å². The zero-order chi connectivity index (χ0) is 12.3. The predicted molar refractivity (Wildman–Crippen MR) is 63.4 cm³/mol. The molecule has 1 fully saturated rings. The summed E-state index contributed by atoms with van der Waals surface area (Å²) in [6, 6.07) is 3.34. The fourth-order valence-corrected chi connectivity index (χ4v) is 2.04. The van der Waals surface area contributed by atoms with Crippen molar-refractivity contribution in [1.29, 1.82) is 0 Å². The van der Waals surface area contributed by atoms with Crippen molar-refractivity contribution in [2.75, 3.05) is 25.1 Å². The average Bonchev–Trinajstić information content (AvgIpc) is 2.39. The van der Waals surface area contributed by atoms with Gasteiger partial charge in [-0.05, 0) is 25.0 Å². The summed E-state index contributed by atoms with van der Waals surface area (Å²) in [5.74, 6) is -0.130. The quantitative estimate of drug-likeness (QED) is 0.859. The van der Waals surface area contributed by atoms with Crippen LogP contribution in [0.5, 0.6) is 0 Å². The molecule has 0 spiro atoms. The molecule has 0 amide bonds. The molecule has 0 aliphatic carbocycles. The molecule has 0 unspecified atom stereocenters. The minimum atomic E-state index is -0.947. The monoisotopic (exact) mass is 236 g/mol. The number of rotatable bonds is 3. The van der Waals surface area contributed by atoms with Gasteiger partial charge in [0.1, 0.15) is 5.82 Å². The minimum absolute atomic E-state index is 0.217. The number of hydrogen-bond donors (Lipinski definition) is 1. The molecule has 5 nitrogen and oxygen atoms in total. The molecule has 5 heteroatoms. The standard InChI is InChI=1S/C12H16N2O3/c1-17-10-3-2-6-14(8-10)11-5-4-9(7-13-11)12(15)16/h4-5,7,10H,2-3,6,8H2,1H3,(H,15,16)/t10-/m0/s1. The lowest BCUT2D eigenvalue weighted by molar-refractivity contribution is 0.0696. The first-order chi connectivity index (χ1) is 8.20. The van der Waals surface area contributed by atoms with Crippen molar-refractivity contribution < 1.29 is 14.6 Å². The SMILES string of the molecule is CO[C@H]1CCCN(c2ccc(C(=O)O)cn2)C1. The van der Waals surface area contributed by atoms with Crippen LogP contribution >= 0.6 is 0 Å². The first-order valence-corrected chi connectivity index (χ1v) is 5.68. The maximum absolute atomic E-state index is 10.7. The number of ether oxygens (including phenoxy) is 1. The summed E-state index contributed by atoms with van der Waals surface area (Å²) < 4.78 is 5.34. The highest BCUT2D eigenvalue weighted by atomic mass is 16.5. The number of piperidine rings is 1. The predicted octanol–water partition coefficient (Wildman–Crippen LogP) is 1.40. The number of carboxylic acid groups (broad SMARTS) is 1. The molecule has 0 bridgehead atoms. The molecule has 2 rings (SSSR count). The molecule has 17 heavy (non-hydrogen) atoms. The molecule has 1 N–H and O–H groups in total. The zero-order valence-electron chi connectivity index (χ0n) is 9.80. The zero-order valence-corrected chi connectivity index (χ0v) is 9.80. The third-order valence-electron chi connectivity index (χ3n) is 3.03. The summed E-state index contributed by atoms with van der Waals surface area (Å²) in [6.07, 6.45) is 3.78. The summed E-state index contributed by atoms with van der Waals surface area (Å²) in [5, 5.41) is 8.79. The van der Waals surface area contributed by atoms with Gasteiger partial charge in [-0.2, -0.15) is 0 Å². The Labute approximate surface area is 100 Å². The lowest BCUT2D eigenvalue weighted by Gasteiger charge is -2.32. The molecular weight excluding hydrogens is 220 g/mol. The molecule has 1 aliphatic rings. The van der Waals surface area contributed by atoms with E-state index < -0.39 is 5.97 Å². The number of nitrogens with zero attached hydrogens (tertiary/aromatic N) is 2. The lowest BCUT2D eigenvalue weighted by atomic mass is 10.1. The number of anilines is 1. The van der Waals surface area contributed by atoms with Gasteiger partial charge in [0.05, 0.1) is 11.7 Å². The van der Waals surface area contributed by atoms with Crippen molar-refractivity contribution >= 4 is 11.8 Å². The first kappa shape index (κ1) is 11.9. The fraction of sp³-hybridized carbons (Fsp3) is 0.500. The number of carbonyl (C=O) groups is 1. The molecule has 0 saturated carbocycles. The molecule has 1 aromatic heterocycles.